The summed E-state index contributed by atoms with van der Waals surface area (Å²) >= 11 is 0. The maximum absolute atomic E-state index is 11.2. The van der Waals surface area contributed by atoms with Gasteiger partial charge in [-0.2, -0.15) is 0 Å². The van der Waals surface area contributed by atoms with Gasteiger partial charge in [-0.05, 0) is 21.0 Å². The van der Waals surface area contributed by atoms with Gasteiger partial charge in [0.1, 0.15) is 5.78 Å². The minimum absolute atomic E-state index is 0.117. The molecule has 0 saturated carbocycles. The van der Waals surface area contributed by atoms with E-state index in [-0.39, 0.29) is 18.2 Å². The van der Waals surface area contributed by atoms with E-state index in [4.69, 9.17) is 4.74 Å². The molecule has 0 heterocycles. The molecule has 0 aliphatic carbocycles. The Morgan fingerprint density at radius 1 is 1.14 bits per heavy atom. The molecule has 0 aromatic heterocycles. The van der Waals surface area contributed by atoms with Crippen LogP contribution in [0.5, 0.6) is 0 Å². The van der Waals surface area contributed by atoms with Crippen molar-refractivity contribution in [3.05, 3.63) is 0 Å². The first-order valence-electron chi connectivity index (χ1n) is 4.88. The summed E-state index contributed by atoms with van der Waals surface area (Å²) in [6.45, 7) is 2.87. The van der Waals surface area contributed by atoms with E-state index < -0.39 is 0 Å². The molecule has 0 saturated heterocycles. The highest BCUT2D eigenvalue weighted by atomic mass is 16.5. The van der Waals surface area contributed by atoms with Gasteiger partial charge in [0.05, 0.1) is 13.0 Å². The minimum atomic E-state index is -0.286. The van der Waals surface area contributed by atoms with Gasteiger partial charge in [-0.15, -0.1) is 0 Å². The number of ketones is 1. The molecule has 0 N–H and O–H groups in total. The van der Waals surface area contributed by atoms with Gasteiger partial charge in [-0.25, -0.2) is 0 Å². The number of ether oxygens (including phenoxy) is 1. The van der Waals surface area contributed by atoms with Crippen LogP contribution in [0.15, 0.2) is 0 Å². The van der Waals surface area contributed by atoms with Gasteiger partial charge < -0.3 is 9.64 Å². The second-order valence-electron chi connectivity index (χ2n) is 3.40. The minimum Gasteiger partial charge on any atom is -0.466 e. The fraction of sp³-hybridized carbons (Fsp3) is 0.800. The predicted octanol–water partition coefficient (Wildman–Crippen LogP) is 0.851. The van der Waals surface area contributed by atoms with Crippen LogP contribution < -0.4 is 0 Å². The molecule has 4 heteroatoms. The van der Waals surface area contributed by atoms with Gasteiger partial charge in [0.2, 0.25) is 0 Å². The van der Waals surface area contributed by atoms with E-state index in [0.29, 0.717) is 19.4 Å². The Hall–Kier alpha value is -0.900. The van der Waals surface area contributed by atoms with Crippen LogP contribution in [0.2, 0.25) is 0 Å². The van der Waals surface area contributed by atoms with E-state index >= 15 is 0 Å². The molecule has 0 radical (unpaired) electrons. The molecule has 4 nitrogen and oxygen atoms in total. The zero-order valence-electron chi connectivity index (χ0n) is 9.21. The number of carbonyl (C=O) groups is 2. The number of Topliss-reactive ketones (excluding diaryl/α,β-unsaturated/α-hetero) is 1. The molecule has 14 heavy (non-hydrogen) atoms. The van der Waals surface area contributed by atoms with Gasteiger partial charge in [0.25, 0.3) is 0 Å². The summed E-state index contributed by atoms with van der Waals surface area (Å²) in [7, 11) is 3.83. The maximum atomic E-state index is 11.2. The van der Waals surface area contributed by atoms with Crippen LogP contribution >= 0.6 is 0 Å². The molecular weight excluding hydrogens is 182 g/mol. The Bertz CT molecular complexity index is 190. The average Bonchev–Trinajstić information content (AvgIpc) is 2.12. The van der Waals surface area contributed by atoms with Crippen molar-refractivity contribution in [2.24, 2.45) is 0 Å². The lowest BCUT2D eigenvalue weighted by atomic mass is 10.1. The molecule has 0 aliphatic heterocycles. The summed E-state index contributed by atoms with van der Waals surface area (Å²) < 4.78 is 4.72. The third-order valence-corrected chi connectivity index (χ3v) is 1.75. The van der Waals surface area contributed by atoms with E-state index in [0.717, 1.165) is 6.54 Å². The standard InChI is InChI=1S/C10H19NO3/c1-4-14-10(13)6-5-9(12)7-8-11(2)3/h4-8H2,1-3H3. The van der Waals surface area contributed by atoms with Crippen molar-refractivity contribution in [1.29, 1.82) is 0 Å². The first-order valence-corrected chi connectivity index (χ1v) is 4.88. The molecule has 0 bridgehead atoms. The number of nitrogens with zero attached hydrogens (tertiary/aromatic N) is 1. The van der Waals surface area contributed by atoms with Crippen molar-refractivity contribution >= 4 is 11.8 Å². The molecule has 0 amide bonds. The summed E-state index contributed by atoms with van der Waals surface area (Å²) in [6.07, 6.45) is 1.01. The smallest absolute Gasteiger partial charge is 0.306 e. The Morgan fingerprint density at radius 2 is 1.79 bits per heavy atom. The highest BCUT2D eigenvalue weighted by Gasteiger charge is 2.07. The van der Waals surface area contributed by atoms with E-state index in [1.165, 1.54) is 0 Å². The summed E-state index contributed by atoms with van der Waals surface area (Å²) in [6, 6.07) is 0. The number of esters is 1. The lowest BCUT2D eigenvalue weighted by Crippen LogP contribution is -2.17. The molecule has 0 fully saturated rings. The Labute approximate surface area is 85.2 Å². The molecule has 0 rings (SSSR count). The van der Waals surface area contributed by atoms with Crippen molar-refractivity contribution in [2.75, 3.05) is 27.2 Å². The SMILES string of the molecule is CCOC(=O)CCC(=O)CCN(C)C. The summed E-state index contributed by atoms with van der Waals surface area (Å²) in [5.41, 5.74) is 0. The van der Waals surface area contributed by atoms with Crippen molar-refractivity contribution in [1.82, 2.24) is 4.90 Å². The molecule has 82 valence electrons. The van der Waals surface area contributed by atoms with Crippen molar-refractivity contribution in [3.63, 3.8) is 0 Å². The van der Waals surface area contributed by atoms with E-state index in [9.17, 15) is 9.59 Å². The molecule has 0 spiro atoms. The second-order valence-corrected chi connectivity index (χ2v) is 3.40. The summed E-state index contributed by atoms with van der Waals surface area (Å²) in [4.78, 5) is 24.1. The summed E-state index contributed by atoms with van der Waals surface area (Å²) in [5, 5.41) is 0. The second kappa shape index (κ2) is 7.50. The number of hydrogen-bond acceptors (Lipinski definition) is 4. The third kappa shape index (κ3) is 7.73. The van der Waals surface area contributed by atoms with Gasteiger partial charge >= 0.3 is 5.97 Å². The van der Waals surface area contributed by atoms with Crippen LogP contribution in [-0.4, -0.2) is 43.9 Å². The van der Waals surface area contributed by atoms with Crippen LogP contribution in [-0.2, 0) is 14.3 Å². The topological polar surface area (TPSA) is 46.6 Å². The van der Waals surface area contributed by atoms with Crippen molar-refractivity contribution in [2.45, 2.75) is 26.2 Å². The number of carbonyl (C=O) groups excluding carboxylic acids is 2. The van der Waals surface area contributed by atoms with Gasteiger partial charge in [0, 0.05) is 19.4 Å². The lowest BCUT2D eigenvalue weighted by Gasteiger charge is -2.07. The van der Waals surface area contributed by atoms with Crippen LogP contribution in [0, 0.1) is 0 Å². The van der Waals surface area contributed by atoms with Crippen LogP contribution in [0.4, 0.5) is 0 Å². The first kappa shape index (κ1) is 13.1. The van der Waals surface area contributed by atoms with Crippen LogP contribution in [0.3, 0.4) is 0 Å². The van der Waals surface area contributed by atoms with E-state index in [2.05, 4.69) is 0 Å². The normalized spacial score (nSPS) is 10.3. The fourth-order valence-corrected chi connectivity index (χ4v) is 0.948. The zero-order chi connectivity index (χ0) is 11.0. The highest BCUT2D eigenvalue weighted by Crippen LogP contribution is 1.98. The van der Waals surface area contributed by atoms with Gasteiger partial charge in [-0.3, -0.25) is 9.59 Å². The molecule has 0 aromatic rings. The fourth-order valence-electron chi connectivity index (χ4n) is 0.948. The molecule has 0 atom stereocenters. The first-order chi connectivity index (χ1) is 6.56. The zero-order valence-corrected chi connectivity index (χ0v) is 9.21. The predicted molar refractivity (Wildman–Crippen MR) is 54.0 cm³/mol. The highest BCUT2D eigenvalue weighted by molar-refractivity contribution is 5.82. The maximum Gasteiger partial charge on any atom is 0.306 e. The Kier molecular flexibility index (Phi) is 7.02. The van der Waals surface area contributed by atoms with Crippen molar-refractivity contribution in [3.8, 4) is 0 Å². The quantitative estimate of drug-likeness (QED) is 0.573. The van der Waals surface area contributed by atoms with Gasteiger partial charge in [-0.1, -0.05) is 0 Å². The van der Waals surface area contributed by atoms with Gasteiger partial charge in [0.15, 0.2) is 0 Å². The largest absolute Gasteiger partial charge is 0.466 e. The molecule has 0 aliphatic rings. The Morgan fingerprint density at radius 3 is 2.29 bits per heavy atom. The number of rotatable bonds is 7. The molecule has 0 unspecified atom stereocenters. The van der Waals surface area contributed by atoms with Crippen LogP contribution in [0.25, 0.3) is 0 Å². The lowest BCUT2D eigenvalue weighted by molar-refractivity contribution is -0.144. The average molecular weight is 201 g/mol. The molecular formula is C10H19NO3. The van der Waals surface area contributed by atoms with Crippen LogP contribution in [0.1, 0.15) is 26.2 Å². The Balaban J connectivity index is 3.48. The van der Waals surface area contributed by atoms with Crippen molar-refractivity contribution < 1.29 is 14.3 Å². The number of hydrogen-bond donors (Lipinski definition) is 0. The van der Waals surface area contributed by atoms with E-state index in [1.807, 2.05) is 19.0 Å². The monoisotopic (exact) mass is 201 g/mol. The summed E-state index contributed by atoms with van der Waals surface area (Å²) in [5.74, 6) is -0.169. The van der Waals surface area contributed by atoms with E-state index in [1.54, 1.807) is 6.92 Å². The molecule has 0 aromatic carbocycles. The third-order valence-electron chi connectivity index (χ3n) is 1.75.